The van der Waals surface area contributed by atoms with E-state index in [-0.39, 0.29) is 11.5 Å². The van der Waals surface area contributed by atoms with Gasteiger partial charge in [0.05, 0.1) is 19.8 Å². The standard InChI is InChI=1S/C11H9F3O5/c1-18-7-3-5(9(15)11(12,13)14)6(10(16)17)4-8(7)19-2/h3-4H,1-2H3,(H,16,17). The van der Waals surface area contributed by atoms with Crippen LogP contribution in [0, 0.1) is 0 Å². The lowest BCUT2D eigenvalue weighted by atomic mass is 10.0. The minimum absolute atomic E-state index is 0.0846. The van der Waals surface area contributed by atoms with Crippen LogP contribution >= 0.6 is 0 Å². The summed E-state index contributed by atoms with van der Waals surface area (Å²) in [5, 5.41) is 8.85. The van der Waals surface area contributed by atoms with Crippen LogP contribution in [0.5, 0.6) is 11.5 Å². The van der Waals surface area contributed by atoms with E-state index in [4.69, 9.17) is 14.6 Å². The number of benzene rings is 1. The number of alkyl halides is 3. The van der Waals surface area contributed by atoms with E-state index in [9.17, 15) is 22.8 Å². The van der Waals surface area contributed by atoms with Crippen molar-refractivity contribution in [3.63, 3.8) is 0 Å². The first-order valence-corrected chi connectivity index (χ1v) is 4.83. The lowest BCUT2D eigenvalue weighted by Crippen LogP contribution is -2.25. The van der Waals surface area contributed by atoms with Gasteiger partial charge in [0.15, 0.2) is 11.5 Å². The van der Waals surface area contributed by atoms with Crippen molar-refractivity contribution in [3.8, 4) is 11.5 Å². The molecule has 0 aliphatic heterocycles. The van der Waals surface area contributed by atoms with Gasteiger partial charge in [0.2, 0.25) is 0 Å². The molecule has 0 aliphatic carbocycles. The van der Waals surface area contributed by atoms with Gasteiger partial charge in [-0.25, -0.2) is 4.79 Å². The van der Waals surface area contributed by atoms with Gasteiger partial charge in [-0.1, -0.05) is 0 Å². The zero-order valence-corrected chi connectivity index (χ0v) is 9.87. The zero-order valence-electron chi connectivity index (χ0n) is 9.87. The molecule has 0 amide bonds. The van der Waals surface area contributed by atoms with Crippen molar-refractivity contribution >= 4 is 11.8 Å². The average molecular weight is 278 g/mol. The normalized spacial score (nSPS) is 11.0. The van der Waals surface area contributed by atoms with E-state index in [1.54, 1.807) is 0 Å². The van der Waals surface area contributed by atoms with Crippen LogP contribution in [-0.2, 0) is 0 Å². The molecule has 0 atom stereocenters. The molecule has 0 bridgehead atoms. The Morgan fingerprint density at radius 1 is 1.05 bits per heavy atom. The van der Waals surface area contributed by atoms with Gasteiger partial charge in [0.1, 0.15) is 0 Å². The third-order valence-corrected chi connectivity index (χ3v) is 2.26. The molecule has 0 aliphatic rings. The molecule has 8 heteroatoms. The monoisotopic (exact) mass is 278 g/mol. The number of carbonyl (C=O) groups excluding carboxylic acids is 1. The van der Waals surface area contributed by atoms with Gasteiger partial charge in [0.25, 0.3) is 5.78 Å². The molecule has 0 spiro atoms. The molecule has 0 heterocycles. The highest BCUT2D eigenvalue weighted by Gasteiger charge is 2.41. The summed E-state index contributed by atoms with van der Waals surface area (Å²) < 4.78 is 46.6. The van der Waals surface area contributed by atoms with E-state index in [0.29, 0.717) is 6.07 Å². The summed E-state index contributed by atoms with van der Waals surface area (Å²) in [6.07, 6.45) is -5.18. The minimum Gasteiger partial charge on any atom is -0.493 e. The van der Waals surface area contributed by atoms with Crippen molar-refractivity contribution < 1.29 is 37.3 Å². The van der Waals surface area contributed by atoms with E-state index in [1.165, 1.54) is 7.11 Å². The quantitative estimate of drug-likeness (QED) is 0.854. The third-order valence-electron chi connectivity index (χ3n) is 2.26. The molecule has 104 valence electrons. The third kappa shape index (κ3) is 2.95. The van der Waals surface area contributed by atoms with E-state index in [1.807, 2.05) is 0 Å². The Balaban J connectivity index is 3.53. The molecule has 1 aromatic carbocycles. The molecule has 5 nitrogen and oxygen atoms in total. The maximum atomic E-state index is 12.4. The van der Waals surface area contributed by atoms with E-state index < -0.39 is 29.1 Å². The summed E-state index contributed by atoms with van der Waals surface area (Å²) in [6.45, 7) is 0. The van der Waals surface area contributed by atoms with E-state index in [0.717, 1.165) is 13.2 Å². The number of halogens is 3. The molecular weight excluding hydrogens is 269 g/mol. The predicted octanol–water partition coefficient (Wildman–Crippen LogP) is 2.15. The molecule has 0 saturated carbocycles. The van der Waals surface area contributed by atoms with Crippen LogP contribution in [0.25, 0.3) is 0 Å². The number of carboxylic acids is 1. The van der Waals surface area contributed by atoms with Gasteiger partial charge < -0.3 is 14.6 Å². The van der Waals surface area contributed by atoms with Crippen LogP contribution in [0.3, 0.4) is 0 Å². The second-order valence-electron chi connectivity index (χ2n) is 3.38. The molecule has 19 heavy (non-hydrogen) atoms. The van der Waals surface area contributed by atoms with Gasteiger partial charge in [0, 0.05) is 5.56 Å². The second kappa shape index (κ2) is 5.17. The fraction of sp³-hybridized carbons (Fsp3) is 0.273. The number of carbonyl (C=O) groups is 2. The number of rotatable bonds is 4. The van der Waals surface area contributed by atoms with Crippen LogP contribution in [-0.4, -0.2) is 37.3 Å². The SMILES string of the molecule is COc1cc(C(=O)O)c(C(=O)C(F)(F)F)cc1OC. The maximum Gasteiger partial charge on any atom is 0.454 e. The first-order valence-electron chi connectivity index (χ1n) is 4.83. The van der Waals surface area contributed by atoms with Crippen LogP contribution in [0.1, 0.15) is 20.7 Å². The molecule has 0 unspecified atom stereocenters. The van der Waals surface area contributed by atoms with E-state index in [2.05, 4.69) is 0 Å². The lowest BCUT2D eigenvalue weighted by Gasteiger charge is -2.13. The summed E-state index contributed by atoms with van der Waals surface area (Å²) in [7, 11) is 2.34. The number of ketones is 1. The van der Waals surface area contributed by atoms with Crippen molar-refractivity contribution in [2.24, 2.45) is 0 Å². The van der Waals surface area contributed by atoms with Gasteiger partial charge in [-0.15, -0.1) is 0 Å². The smallest absolute Gasteiger partial charge is 0.454 e. The number of Topliss-reactive ketones (excluding diaryl/α,β-unsaturated/α-hetero) is 1. The number of ether oxygens (including phenoxy) is 2. The Kier molecular flexibility index (Phi) is 4.03. The van der Waals surface area contributed by atoms with Gasteiger partial charge in [-0.05, 0) is 12.1 Å². The van der Waals surface area contributed by atoms with Crippen LogP contribution < -0.4 is 9.47 Å². The number of hydrogen-bond donors (Lipinski definition) is 1. The molecule has 0 fully saturated rings. The van der Waals surface area contributed by atoms with Gasteiger partial charge in [-0.2, -0.15) is 13.2 Å². The topological polar surface area (TPSA) is 72.8 Å². The Morgan fingerprint density at radius 2 is 1.47 bits per heavy atom. The highest BCUT2D eigenvalue weighted by atomic mass is 19.4. The number of methoxy groups -OCH3 is 2. The second-order valence-corrected chi connectivity index (χ2v) is 3.38. The first-order chi connectivity index (χ1) is 8.72. The van der Waals surface area contributed by atoms with Crippen LogP contribution in [0.2, 0.25) is 0 Å². The molecular formula is C11H9F3O5. The fourth-order valence-corrected chi connectivity index (χ4v) is 1.40. The van der Waals surface area contributed by atoms with Crippen LogP contribution in [0.4, 0.5) is 13.2 Å². The maximum absolute atomic E-state index is 12.4. The number of carboxylic acid groups (broad SMARTS) is 1. The van der Waals surface area contributed by atoms with Gasteiger partial charge >= 0.3 is 12.1 Å². The summed E-state index contributed by atoms with van der Waals surface area (Å²) in [5.41, 5.74) is -1.81. The van der Waals surface area contributed by atoms with E-state index >= 15 is 0 Å². The van der Waals surface area contributed by atoms with Gasteiger partial charge in [-0.3, -0.25) is 4.79 Å². The zero-order chi connectivity index (χ0) is 14.8. The summed E-state index contributed by atoms with van der Waals surface area (Å²) >= 11 is 0. The Labute approximate surface area is 105 Å². The predicted molar refractivity (Wildman–Crippen MR) is 56.9 cm³/mol. The van der Waals surface area contributed by atoms with Crippen molar-refractivity contribution in [1.82, 2.24) is 0 Å². The summed E-state index contributed by atoms with van der Waals surface area (Å²) in [6, 6.07) is 1.50. The Bertz CT molecular complexity index is 522. The van der Waals surface area contributed by atoms with Crippen molar-refractivity contribution in [1.29, 1.82) is 0 Å². The largest absolute Gasteiger partial charge is 0.493 e. The molecule has 0 saturated heterocycles. The number of hydrogen-bond acceptors (Lipinski definition) is 4. The first kappa shape index (κ1) is 14.8. The average Bonchev–Trinajstić information content (AvgIpc) is 2.34. The van der Waals surface area contributed by atoms with Crippen molar-refractivity contribution in [2.45, 2.75) is 6.18 Å². The van der Waals surface area contributed by atoms with Crippen LogP contribution in [0.15, 0.2) is 12.1 Å². The molecule has 0 aromatic heterocycles. The highest BCUT2D eigenvalue weighted by Crippen LogP contribution is 2.33. The molecule has 1 N–H and O–H groups in total. The molecule has 1 aromatic rings. The van der Waals surface area contributed by atoms with Crippen molar-refractivity contribution in [2.75, 3.05) is 14.2 Å². The lowest BCUT2D eigenvalue weighted by molar-refractivity contribution is -0.0885. The van der Waals surface area contributed by atoms with Crippen molar-refractivity contribution in [3.05, 3.63) is 23.3 Å². The number of aromatic carboxylic acids is 1. The Morgan fingerprint density at radius 3 is 1.79 bits per heavy atom. The fourth-order valence-electron chi connectivity index (χ4n) is 1.40. The summed E-state index contributed by atoms with van der Waals surface area (Å²) in [5.74, 6) is -4.18. The molecule has 1 rings (SSSR count). The highest BCUT2D eigenvalue weighted by molar-refractivity contribution is 6.09. The summed E-state index contributed by atoms with van der Waals surface area (Å²) in [4.78, 5) is 22.1. The Hall–Kier alpha value is -2.25. The molecule has 0 radical (unpaired) electrons. The minimum atomic E-state index is -5.18.